The average Bonchev–Trinajstić information content (AvgIpc) is 2.74. The van der Waals surface area contributed by atoms with Gasteiger partial charge in [-0.2, -0.15) is 5.32 Å². The number of nitro groups is 2. The van der Waals surface area contributed by atoms with Crippen LogP contribution in [0.1, 0.15) is 17.3 Å². The van der Waals surface area contributed by atoms with Gasteiger partial charge in [-0.15, -0.1) is 0 Å². The summed E-state index contributed by atoms with van der Waals surface area (Å²) in [5, 5.41) is 24.1. The maximum Gasteiger partial charge on any atom is 0.372 e. The maximum absolute atomic E-state index is 11.6. The first kappa shape index (κ1) is 12.8. The number of fused-ring (bicyclic) bond motifs is 1. The van der Waals surface area contributed by atoms with Gasteiger partial charge in [-0.3, -0.25) is 29.8 Å². The summed E-state index contributed by atoms with van der Waals surface area (Å²) in [6.45, 7) is 0. The van der Waals surface area contributed by atoms with Crippen LogP contribution in [0.2, 0.25) is 0 Å². The van der Waals surface area contributed by atoms with Gasteiger partial charge in [0.15, 0.2) is 6.29 Å². The van der Waals surface area contributed by atoms with E-state index in [1.807, 2.05) is 5.32 Å². The summed E-state index contributed by atoms with van der Waals surface area (Å²) in [5.41, 5.74) is -2.77. The molecule has 19 heavy (non-hydrogen) atoms. The zero-order valence-corrected chi connectivity index (χ0v) is 9.31. The van der Waals surface area contributed by atoms with E-state index in [0.29, 0.717) is 0 Å². The molecule has 1 heterocycles. The predicted molar refractivity (Wildman–Crippen MR) is 59.1 cm³/mol. The van der Waals surface area contributed by atoms with Gasteiger partial charge >= 0.3 is 5.66 Å². The van der Waals surface area contributed by atoms with Crippen molar-refractivity contribution in [1.82, 2.24) is 5.32 Å². The van der Waals surface area contributed by atoms with E-state index in [-0.39, 0.29) is 17.4 Å². The predicted octanol–water partition coefficient (Wildman–Crippen LogP) is -0.237. The lowest BCUT2D eigenvalue weighted by molar-refractivity contribution is -0.592. The molecule has 9 heteroatoms. The van der Waals surface area contributed by atoms with Crippen LogP contribution in [-0.2, 0) is 15.3 Å². The molecule has 1 aliphatic heterocycles. The lowest BCUT2D eigenvalue weighted by Gasteiger charge is -2.16. The second-order valence-corrected chi connectivity index (χ2v) is 3.87. The minimum atomic E-state index is -2.59. The monoisotopic (exact) mass is 265 g/mol. The number of hydrogen-bond donors (Lipinski definition) is 1. The fraction of sp³-hybridized carbons (Fsp3) is 0.200. The van der Waals surface area contributed by atoms with Crippen LogP contribution in [0, 0.1) is 20.2 Å². The average molecular weight is 265 g/mol. The number of benzene rings is 1. The Bertz CT molecular complexity index is 601. The first-order valence-corrected chi connectivity index (χ1v) is 5.10. The highest BCUT2D eigenvalue weighted by molar-refractivity contribution is 6.28. The molecule has 0 aromatic heterocycles. The zero-order valence-electron chi connectivity index (χ0n) is 9.31. The third-order valence-corrected chi connectivity index (χ3v) is 2.94. The Balaban J connectivity index is 2.72. The molecule has 0 saturated heterocycles. The van der Waals surface area contributed by atoms with Crippen LogP contribution in [0.15, 0.2) is 24.3 Å². The molecule has 1 aromatic carbocycles. The Labute approximate surface area is 105 Å². The third kappa shape index (κ3) is 1.59. The summed E-state index contributed by atoms with van der Waals surface area (Å²) in [4.78, 5) is 42.5. The van der Waals surface area contributed by atoms with Crippen LogP contribution >= 0.6 is 0 Å². The molecule has 98 valence electrons. The summed E-state index contributed by atoms with van der Waals surface area (Å²) in [6.07, 6.45) is -1.82. The highest BCUT2D eigenvalue weighted by atomic mass is 16.6. The summed E-state index contributed by atoms with van der Waals surface area (Å²) in [7, 11) is 0. The van der Waals surface area contributed by atoms with Gasteiger partial charge < -0.3 is 0 Å². The van der Waals surface area contributed by atoms with Gasteiger partial charge in [0.25, 0.3) is 11.9 Å². The van der Waals surface area contributed by atoms with Crippen molar-refractivity contribution in [2.45, 2.75) is 11.8 Å². The van der Waals surface area contributed by atoms with E-state index in [4.69, 9.17) is 0 Å². The molecule has 0 aliphatic carbocycles. The second-order valence-electron chi connectivity index (χ2n) is 3.87. The fourth-order valence-corrected chi connectivity index (χ4v) is 2.11. The Morgan fingerprint density at radius 3 is 2.47 bits per heavy atom. The van der Waals surface area contributed by atoms with E-state index in [1.54, 1.807) is 0 Å². The van der Waals surface area contributed by atoms with Gasteiger partial charge in [-0.25, -0.2) is 0 Å². The van der Waals surface area contributed by atoms with Crippen LogP contribution in [0.25, 0.3) is 0 Å². The smallest absolute Gasteiger partial charge is 0.294 e. The van der Waals surface area contributed by atoms with Gasteiger partial charge in [-0.05, 0) is 6.07 Å². The first-order valence-electron chi connectivity index (χ1n) is 5.10. The highest BCUT2D eigenvalue weighted by Crippen LogP contribution is 2.38. The highest BCUT2D eigenvalue weighted by Gasteiger charge is 2.62. The number of aldehydes is 1. The van der Waals surface area contributed by atoms with E-state index < -0.39 is 27.5 Å². The summed E-state index contributed by atoms with van der Waals surface area (Å²) in [5.74, 6) is -1.38. The van der Waals surface area contributed by atoms with E-state index in [1.165, 1.54) is 24.3 Å². The standard InChI is InChI=1S/C10H7N3O6/c14-5-8(15)10(13(18)19)7-4-2-1-3-6(7)9(11-10)12(16)17/h1-5,9,11H. The molecule has 0 spiro atoms. The van der Waals surface area contributed by atoms with Crippen molar-refractivity contribution in [2.75, 3.05) is 0 Å². The van der Waals surface area contributed by atoms with Gasteiger partial charge in [0, 0.05) is 4.92 Å². The normalized spacial score (nSPS) is 24.5. The van der Waals surface area contributed by atoms with Gasteiger partial charge in [0.2, 0.25) is 0 Å². The molecule has 0 fully saturated rings. The lowest BCUT2D eigenvalue weighted by Crippen LogP contribution is -2.53. The summed E-state index contributed by atoms with van der Waals surface area (Å²) < 4.78 is 0. The molecule has 1 aliphatic rings. The van der Waals surface area contributed by atoms with E-state index in [9.17, 15) is 29.8 Å². The second kappa shape index (κ2) is 4.21. The SMILES string of the molecule is O=CC(=O)C1([N+](=O)[O-])NC([N+](=O)[O-])c2ccccc21. The van der Waals surface area contributed by atoms with Crippen molar-refractivity contribution in [3.63, 3.8) is 0 Å². The Hall–Kier alpha value is -2.68. The number of rotatable bonds is 4. The minimum Gasteiger partial charge on any atom is -0.294 e. The fourth-order valence-electron chi connectivity index (χ4n) is 2.11. The topological polar surface area (TPSA) is 132 Å². The minimum absolute atomic E-state index is 0.000556. The molecule has 2 unspecified atom stereocenters. The van der Waals surface area contributed by atoms with Crippen molar-refractivity contribution in [3.05, 3.63) is 55.6 Å². The molecule has 2 atom stereocenters. The molecule has 1 N–H and O–H groups in total. The number of Topliss-reactive ketones (excluding diaryl/α,β-unsaturated/α-hetero) is 1. The van der Waals surface area contributed by atoms with Gasteiger partial charge in [-0.1, -0.05) is 18.2 Å². The first-order chi connectivity index (χ1) is 8.95. The van der Waals surface area contributed by atoms with Crippen molar-refractivity contribution < 1.29 is 19.4 Å². The van der Waals surface area contributed by atoms with E-state index in [2.05, 4.69) is 0 Å². The molecular weight excluding hydrogens is 258 g/mol. The molecule has 0 bridgehead atoms. The number of ketones is 1. The molecule has 9 nitrogen and oxygen atoms in total. The van der Waals surface area contributed by atoms with Crippen molar-refractivity contribution >= 4 is 12.1 Å². The van der Waals surface area contributed by atoms with Crippen LogP contribution in [0.4, 0.5) is 0 Å². The third-order valence-electron chi connectivity index (χ3n) is 2.94. The molecule has 0 saturated carbocycles. The van der Waals surface area contributed by atoms with E-state index >= 15 is 0 Å². The van der Waals surface area contributed by atoms with Gasteiger partial charge in [0.1, 0.15) is 0 Å². The number of nitrogens with zero attached hydrogens (tertiary/aromatic N) is 2. The Kier molecular flexibility index (Phi) is 2.83. The van der Waals surface area contributed by atoms with Crippen molar-refractivity contribution in [1.29, 1.82) is 0 Å². The summed E-state index contributed by atoms with van der Waals surface area (Å²) in [6, 6.07) is 5.38. The Morgan fingerprint density at radius 1 is 1.32 bits per heavy atom. The van der Waals surface area contributed by atoms with Crippen LogP contribution in [0.3, 0.4) is 0 Å². The molecule has 0 amide bonds. The number of carbonyl (C=O) groups excluding carboxylic acids is 2. The van der Waals surface area contributed by atoms with Crippen molar-refractivity contribution in [2.24, 2.45) is 0 Å². The number of carbonyl (C=O) groups is 2. The van der Waals surface area contributed by atoms with Crippen LogP contribution in [0.5, 0.6) is 0 Å². The van der Waals surface area contributed by atoms with Gasteiger partial charge in [0.05, 0.1) is 16.1 Å². The van der Waals surface area contributed by atoms with Crippen LogP contribution in [-0.4, -0.2) is 21.9 Å². The molecular formula is C10H7N3O6. The molecule has 2 rings (SSSR count). The largest absolute Gasteiger partial charge is 0.372 e. The summed E-state index contributed by atoms with van der Waals surface area (Å²) >= 11 is 0. The van der Waals surface area contributed by atoms with Crippen molar-refractivity contribution in [3.8, 4) is 0 Å². The lowest BCUT2D eigenvalue weighted by atomic mass is 9.96. The van der Waals surface area contributed by atoms with Crippen LogP contribution < -0.4 is 5.32 Å². The Morgan fingerprint density at radius 2 is 1.95 bits per heavy atom. The van der Waals surface area contributed by atoms with E-state index in [0.717, 1.165) is 0 Å². The number of hydrogen-bond acceptors (Lipinski definition) is 7. The number of nitrogens with one attached hydrogen (secondary N) is 1. The zero-order chi connectivity index (χ0) is 14.2. The molecule has 1 aromatic rings. The quantitative estimate of drug-likeness (QED) is 0.344. The molecule has 0 radical (unpaired) electrons. The maximum atomic E-state index is 11.6.